The van der Waals surface area contributed by atoms with E-state index >= 15 is 0 Å². The van der Waals surface area contributed by atoms with Gasteiger partial charge in [0.15, 0.2) is 0 Å². The topological polar surface area (TPSA) is 44.9 Å². The van der Waals surface area contributed by atoms with E-state index in [4.69, 9.17) is 0 Å². The SMILES string of the molecule is CC(C)CCC(=O)NCCc1c[nH]c2cc(F)ccc12. The molecule has 1 aromatic heterocycles. The maximum Gasteiger partial charge on any atom is 0.220 e. The van der Waals surface area contributed by atoms with Gasteiger partial charge in [-0.2, -0.15) is 0 Å². The first-order chi connectivity index (χ1) is 9.56. The summed E-state index contributed by atoms with van der Waals surface area (Å²) in [4.78, 5) is 14.7. The number of aromatic amines is 1. The smallest absolute Gasteiger partial charge is 0.220 e. The number of nitrogens with one attached hydrogen (secondary N) is 2. The van der Waals surface area contributed by atoms with Crippen LogP contribution in [0.3, 0.4) is 0 Å². The largest absolute Gasteiger partial charge is 0.361 e. The number of carbonyl (C=O) groups is 1. The number of hydrogen-bond donors (Lipinski definition) is 2. The Morgan fingerprint density at radius 1 is 1.40 bits per heavy atom. The molecule has 108 valence electrons. The van der Waals surface area contributed by atoms with E-state index in [0.717, 1.165) is 29.3 Å². The summed E-state index contributed by atoms with van der Waals surface area (Å²) in [6.45, 7) is 4.83. The number of H-pyrrole nitrogens is 1. The Morgan fingerprint density at radius 3 is 2.95 bits per heavy atom. The summed E-state index contributed by atoms with van der Waals surface area (Å²) < 4.78 is 13.1. The van der Waals surface area contributed by atoms with Crippen molar-refractivity contribution in [2.75, 3.05) is 6.54 Å². The quantitative estimate of drug-likeness (QED) is 0.834. The molecular formula is C16H21FN2O. The lowest BCUT2D eigenvalue weighted by Gasteiger charge is -2.06. The van der Waals surface area contributed by atoms with Gasteiger partial charge in [-0.3, -0.25) is 4.79 Å². The molecule has 0 radical (unpaired) electrons. The highest BCUT2D eigenvalue weighted by molar-refractivity contribution is 5.83. The number of carbonyl (C=O) groups excluding carboxylic acids is 1. The second kappa shape index (κ2) is 6.55. The molecule has 0 aliphatic carbocycles. The van der Waals surface area contributed by atoms with Gasteiger partial charge in [-0.25, -0.2) is 4.39 Å². The van der Waals surface area contributed by atoms with E-state index in [0.29, 0.717) is 18.9 Å². The van der Waals surface area contributed by atoms with Crippen molar-refractivity contribution in [3.8, 4) is 0 Å². The van der Waals surface area contributed by atoms with Crippen LogP contribution in [0, 0.1) is 11.7 Å². The van der Waals surface area contributed by atoms with Gasteiger partial charge in [0, 0.05) is 30.1 Å². The third-order valence-corrected chi connectivity index (χ3v) is 3.39. The van der Waals surface area contributed by atoms with E-state index in [-0.39, 0.29) is 11.7 Å². The molecule has 2 N–H and O–H groups in total. The minimum absolute atomic E-state index is 0.101. The Morgan fingerprint density at radius 2 is 2.20 bits per heavy atom. The molecule has 0 aliphatic rings. The van der Waals surface area contributed by atoms with Gasteiger partial charge in [0.2, 0.25) is 5.91 Å². The van der Waals surface area contributed by atoms with Gasteiger partial charge >= 0.3 is 0 Å². The second-order valence-electron chi connectivity index (χ2n) is 5.54. The number of hydrogen-bond acceptors (Lipinski definition) is 1. The van der Waals surface area contributed by atoms with Gasteiger partial charge in [0.25, 0.3) is 0 Å². The van der Waals surface area contributed by atoms with Crippen molar-refractivity contribution in [2.45, 2.75) is 33.1 Å². The zero-order chi connectivity index (χ0) is 14.5. The summed E-state index contributed by atoms with van der Waals surface area (Å²) in [7, 11) is 0. The zero-order valence-electron chi connectivity index (χ0n) is 12.0. The molecule has 4 heteroatoms. The van der Waals surface area contributed by atoms with Gasteiger partial charge in [-0.15, -0.1) is 0 Å². The zero-order valence-corrected chi connectivity index (χ0v) is 12.0. The molecule has 20 heavy (non-hydrogen) atoms. The molecular weight excluding hydrogens is 255 g/mol. The Balaban J connectivity index is 1.85. The number of amides is 1. The Hall–Kier alpha value is -1.84. The van der Waals surface area contributed by atoms with E-state index < -0.39 is 0 Å². The molecule has 0 bridgehead atoms. The van der Waals surface area contributed by atoms with Gasteiger partial charge in [-0.05, 0) is 42.5 Å². The standard InChI is InChI=1S/C16H21FN2O/c1-11(2)3-6-16(20)18-8-7-12-10-19-15-9-13(17)4-5-14(12)15/h4-5,9-11,19H,3,6-8H2,1-2H3,(H,18,20). The third kappa shape index (κ3) is 3.83. The van der Waals surface area contributed by atoms with Crippen LogP contribution in [0.5, 0.6) is 0 Å². The fourth-order valence-electron chi connectivity index (χ4n) is 2.21. The first-order valence-corrected chi connectivity index (χ1v) is 7.08. The van der Waals surface area contributed by atoms with Crippen LogP contribution in [0.15, 0.2) is 24.4 Å². The van der Waals surface area contributed by atoms with Crippen LogP contribution in [0.25, 0.3) is 10.9 Å². The highest BCUT2D eigenvalue weighted by Crippen LogP contribution is 2.19. The maximum absolute atomic E-state index is 13.1. The number of rotatable bonds is 6. The van der Waals surface area contributed by atoms with Gasteiger partial charge in [0.05, 0.1) is 0 Å². The highest BCUT2D eigenvalue weighted by atomic mass is 19.1. The van der Waals surface area contributed by atoms with Crippen molar-refractivity contribution in [3.63, 3.8) is 0 Å². The summed E-state index contributed by atoms with van der Waals surface area (Å²) in [5.41, 5.74) is 1.90. The van der Waals surface area contributed by atoms with Crippen molar-refractivity contribution >= 4 is 16.8 Å². The molecule has 0 fully saturated rings. The fourth-order valence-corrected chi connectivity index (χ4v) is 2.21. The monoisotopic (exact) mass is 276 g/mol. The Kier molecular flexibility index (Phi) is 4.77. The lowest BCUT2D eigenvalue weighted by molar-refractivity contribution is -0.121. The van der Waals surface area contributed by atoms with E-state index in [1.807, 2.05) is 6.20 Å². The molecule has 0 saturated carbocycles. The van der Waals surface area contributed by atoms with Crippen LogP contribution in [-0.2, 0) is 11.2 Å². The van der Waals surface area contributed by atoms with Crippen molar-refractivity contribution in [1.82, 2.24) is 10.3 Å². The van der Waals surface area contributed by atoms with Crippen LogP contribution >= 0.6 is 0 Å². The minimum Gasteiger partial charge on any atom is -0.361 e. The van der Waals surface area contributed by atoms with Crippen LogP contribution in [0.2, 0.25) is 0 Å². The first kappa shape index (κ1) is 14.6. The lowest BCUT2D eigenvalue weighted by atomic mass is 10.1. The van der Waals surface area contributed by atoms with Crippen LogP contribution in [0.4, 0.5) is 4.39 Å². The molecule has 3 nitrogen and oxygen atoms in total. The Labute approximate surface area is 118 Å². The molecule has 0 unspecified atom stereocenters. The number of halogens is 1. The average molecular weight is 276 g/mol. The van der Waals surface area contributed by atoms with E-state index in [1.165, 1.54) is 12.1 Å². The Bertz CT molecular complexity index is 589. The third-order valence-electron chi connectivity index (χ3n) is 3.39. The van der Waals surface area contributed by atoms with Crippen molar-refractivity contribution < 1.29 is 9.18 Å². The van der Waals surface area contributed by atoms with Crippen LogP contribution in [0.1, 0.15) is 32.3 Å². The summed E-state index contributed by atoms with van der Waals surface area (Å²) in [5, 5.41) is 3.94. The fraction of sp³-hybridized carbons (Fsp3) is 0.438. The molecule has 2 rings (SSSR count). The number of fused-ring (bicyclic) bond motifs is 1. The predicted molar refractivity (Wildman–Crippen MR) is 79.0 cm³/mol. The summed E-state index contributed by atoms with van der Waals surface area (Å²) in [5.74, 6) is 0.404. The average Bonchev–Trinajstić information content (AvgIpc) is 2.79. The summed E-state index contributed by atoms with van der Waals surface area (Å²) in [6, 6.07) is 4.72. The van der Waals surface area contributed by atoms with Crippen molar-refractivity contribution in [3.05, 3.63) is 35.8 Å². The summed E-state index contributed by atoms with van der Waals surface area (Å²) >= 11 is 0. The molecule has 0 spiro atoms. The van der Waals surface area contributed by atoms with E-state index in [9.17, 15) is 9.18 Å². The van der Waals surface area contributed by atoms with Gasteiger partial charge < -0.3 is 10.3 Å². The highest BCUT2D eigenvalue weighted by Gasteiger charge is 2.06. The van der Waals surface area contributed by atoms with Gasteiger partial charge in [0.1, 0.15) is 5.82 Å². The van der Waals surface area contributed by atoms with E-state index in [1.54, 1.807) is 6.07 Å². The molecule has 1 aromatic carbocycles. The molecule has 1 heterocycles. The van der Waals surface area contributed by atoms with Crippen molar-refractivity contribution in [2.24, 2.45) is 5.92 Å². The predicted octanol–water partition coefficient (Wildman–Crippen LogP) is 3.40. The second-order valence-corrected chi connectivity index (χ2v) is 5.54. The van der Waals surface area contributed by atoms with Crippen LogP contribution in [-0.4, -0.2) is 17.4 Å². The molecule has 0 atom stereocenters. The normalized spacial score (nSPS) is 11.2. The summed E-state index contributed by atoms with van der Waals surface area (Å²) in [6.07, 6.45) is 4.12. The molecule has 0 aliphatic heterocycles. The van der Waals surface area contributed by atoms with Crippen molar-refractivity contribution in [1.29, 1.82) is 0 Å². The lowest BCUT2D eigenvalue weighted by Crippen LogP contribution is -2.25. The van der Waals surface area contributed by atoms with Gasteiger partial charge in [-0.1, -0.05) is 13.8 Å². The molecule has 0 saturated heterocycles. The minimum atomic E-state index is -0.243. The van der Waals surface area contributed by atoms with E-state index in [2.05, 4.69) is 24.1 Å². The van der Waals surface area contributed by atoms with Crippen LogP contribution < -0.4 is 5.32 Å². The number of benzene rings is 1. The molecule has 2 aromatic rings. The molecule has 1 amide bonds. The first-order valence-electron chi connectivity index (χ1n) is 7.08. The maximum atomic E-state index is 13.1. The number of aromatic nitrogens is 1.